The van der Waals surface area contributed by atoms with Crippen LogP contribution in [0.15, 0.2) is 0 Å². The molecular formula is C10H20N2OS. The van der Waals surface area contributed by atoms with Crippen LogP contribution in [0.5, 0.6) is 0 Å². The number of likely N-dealkylation sites (tertiary alicyclic amines) is 1. The molecule has 1 amide bonds. The van der Waals surface area contributed by atoms with E-state index >= 15 is 0 Å². The summed E-state index contributed by atoms with van der Waals surface area (Å²) in [4.78, 5) is 13.7. The number of rotatable bonds is 2. The van der Waals surface area contributed by atoms with Gasteiger partial charge in [-0.25, -0.2) is 0 Å². The molecule has 0 aromatic carbocycles. The molecule has 1 aliphatic rings. The average molecular weight is 216 g/mol. The second-order valence-corrected chi connectivity index (χ2v) is 4.91. The number of thiol groups is 1. The molecule has 3 nitrogen and oxygen atoms in total. The molecule has 1 heterocycles. The smallest absolute Gasteiger partial charge is 0.235 e. The van der Waals surface area contributed by atoms with Crippen molar-refractivity contribution >= 4 is 18.5 Å². The zero-order valence-electron chi connectivity index (χ0n) is 8.94. The van der Waals surface area contributed by atoms with E-state index in [1.165, 1.54) is 0 Å². The van der Waals surface area contributed by atoms with E-state index in [0.29, 0.717) is 5.92 Å². The van der Waals surface area contributed by atoms with Crippen molar-refractivity contribution in [3.8, 4) is 0 Å². The summed E-state index contributed by atoms with van der Waals surface area (Å²) >= 11 is 4.33. The number of nitrogens with zero attached hydrogens (tertiary/aromatic N) is 1. The molecule has 2 N–H and O–H groups in total. The highest BCUT2D eigenvalue weighted by molar-refractivity contribution is 7.81. The minimum absolute atomic E-state index is 0.162. The summed E-state index contributed by atoms with van der Waals surface area (Å²) in [5, 5.41) is -0.163. The lowest BCUT2D eigenvalue weighted by atomic mass is 10.0. The highest BCUT2D eigenvalue weighted by atomic mass is 32.1. The first-order valence-corrected chi connectivity index (χ1v) is 5.76. The first-order chi connectivity index (χ1) is 6.52. The Bertz CT molecular complexity index is 200. The number of hydrogen-bond acceptors (Lipinski definition) is 3. The first-order valence-electron chi connectivity index (χ1n) is 5.24. The van der Waals surface area contributed by atoms with E-state index < -0.39 is 0 Å². The third kappa shape index (κ3) is 2.89. The standard InChI is InChI=1S/C10H20N2OS/c1-7(2)9(14)10(13)12-5-3-8(11)4-6-12/h7-9,14H,3-6,11H2,1-2H3. The molecule has 1 atom stereocenters. The highest BCUT2D eigenvalue weighted by Crippen LogP contribution is 2.16. The molecule has 0 aromatic rings. The summed E-state index contributed by atoms with van der Waals surface area (Å²) in [7, 11) is 0. The lowest BCUT2D eigenvalue weighted by Crippen LogP contribution is -2.46. The van der Waals surface area contributed by atoms with Crippen molar-refractivity contribution < 1.29 is 4.79 Å². The monoisotopic (exact) mass is 216 g/mol. The first kappa shape index (κ1) is 11.9. The summed E-state index contributed by atoms with van der Waals surface area (Å²) in [6.45, 7) is 5.63. The molecule has 0 aromatic heterocycles. The van der Waals surface area contributed by atoms with Gasteiger partial charge < -0.3 is 10.6 Å². The van der Waals surface area contributed by atoms with Gasteiger partial charge in [0.1, 0.15) is 0 Å². The number of amides is 1. The molecule has 0 saturated carbocycles. The van der Waals surface area contributed by atoms with Crippen LogP contribution in [-0.2, 0) is 4.79 Å². The van der Waals surface area contributed by atoms with Crippen LogP contribution in [-0.4, -0.2) is 35.2 Å². The van der Waals surface area contributed by atoms with Crippen LogP contribution >= 0.6 is 12.6 Å². The minimum Gasteiger partial charge on any atom is -0.342 e. The number of piperidine rings is 1. The maximum Gasteiger partial charge on any atom is 0.235 e. The molecule has 0 bridgehead atoms. The van der Waals surface area contributed by atoms with Crippen LogP contribution in [0.3, 0.4) is 0 Å². The van der Waals surface area contributed by atoms with Crippen LogP contribution in [0, 0.1) is 5.92 Å². The molecule has 1 unspecified atom stereocenters. The molecule has 1 saturated heterocycles. The van der Waals surface area contributed by atoms with Crippen molar-refractivity contribution in [2.75, 3.05) is 13.1 Å². The van der Waals surface area contributed by atoms with Gasteiger partial charge >= 0.3 is 0 Å². The molecule has 0 aliphatic carbocycles. The Labute approximate surface area is 91.4 Å². The number of carbonyl (C=O) groups excluding carboxylic acids is 1. The van der Waals surface area contributed by atoms with E-state index in [2.05, 4.69) is 12.6 Å². The Morgan fingerprint density at radius 2 is 1.93 bits per heavy atom. The van der Waals surface area contributed by atoms with Gasteiger partial charge in [-0.1, -0.05) is 13.8 Å². The van der Waals surface area contributed by atoms with Gasteiger partial charge in [-0.05, 0) is 18.8 Å². The maximum absolute atomic E-state index is 11.9. The number of hydrogen-bond donors (Lipinski definition) is 2. The van der Waals surface area contributed by atoms with Crippen molar-refractivity contribution in [1.29, 1.82) is 0 Å². The van der Waals surface area contributed by atoms with Crippen LogP contribution in [0.1, 0.15) is 26.7 Å². The van der Waals surface area contributed by atoms with Crippen LogP contribution < -0.4 is 5.73 Å². The van der Waals surface area contributed by atoms with Gasteiger partial charge in [-0.2, -0.15) is 12.6 Å². The Morgan fingerprint density at radius 1 is 1.43 bits per heavy atom. The van der Waals surface area contributed by atoms with Crippen molar-refractivity contribution in [3.05, 3.63) is 0 Å². The second kappa shape index (κ2) is 5.03. The lowest BCUT2D eigenvalue weighted by Gasteiger charge is -2.32. The summed E-state index contributed by atoms with van der Waals surface area (Å²) in [5.74, 6) is 0.455. The Kier molecular flexibility index (Phi) is 4.26. The molecule has 0 radical (unpaired) electrons. The van der Waals surface area contributed by atoms with Crippen molar-refractivity contribution in [2.45, 2.75) is 38.0 Å². The lowest BCUT2D eigenvalue weighted by molar-refractivity contribution is -0.132. The zero-order chi connectivity index (χ0) is 10.7. The van der Waals surface area contributed by atoms with Crippen LogP contribution in [0.25, 0.3) is 0 Å². The van der Waals surface area contributed by atoms with Crippen molar-refractivity contribution in [1.82, 2.24) is 4.90 Å². The Balaban J connectivity index is 2.45. The van der Waals surface area contributed by atoms with Gasteiger partial charge in [0.05, 0.1) is 5.25 Å². The van der Waals surface area contributed by atoms with Crippen molar-refractivity contribution in [3.63, 3.8) is 0 Å². The van der Waals surface area contributed by atoms with Gasteiger partial charge in [-0.3, -0.25) is 4.79 Å². The average Bonchev–Trinajstić information content (AvgIpc) is 2.16. The fourth-order valence-electron chi connectivity index (χ4n) is 1.59. The third-order valence-electron chi connectivity index (χ3n) is 2.74. The van der Waals surface area contributed by atoms with E-state index in [1.807, 2.05) is 18.7 Å². The van der Waals surface area contributed by atoms with Gasteiger partial charge in [0.15, 0.2) is 0 Å². The summed E-state index contributed by atoms with van der Waals surface area (Å²) in [6.07, 6.45) is 1.84. The number of carbonyl (C=O) groups is 1. The highest BCUT2D eigenvalue weighted by Gasteiger charge is 2.26. The Hall–Kier alpha value is -0.220. The molecular weight excluding hydrogens is 196 g/mol. The van der Waals surface area contributed by atoms with Gasteiger partial charge in [0, 0.05) is 19.1 Å². The number of nitrogens with two attached hydrogens (primary N) is 1. The topological polar surface area (TPSA) is 46.3 Å². The van der Waals surface area contributed by atoms with E-state index in [4.69, 9.17) is 5.73 Å². The summed E-state index contributed by atoms with van der Waals surface area (Å²) in [5.41, 5.74) is 5.78. The molecule has 1 aliphatic heterocycles. The molecule has 82 valence electrons. The predicted molar refractivity (Wildman–Crippen MR) is 61.4 cm³/mol. The predicted octanol–water partition coefficient (Wildman–Crippen LogP) is 0.891. The normalized spacial score (nSPS) is 21.4. The molecule has 1 fully saturated rings. The largest absolute Gasteiger partial charge is 0.342 e. The third-order valence-corrected chi connectivity index (χ3v) is 3.55. The molecule has 0 spiro atoms. The fourth-order valence-corrected chi connectivity index (χ4v) is 1.76. The quantitative estimate of drug-likeness (QED) is 0.673. The summed E-state index contributed by atoms with van der Waals surface area (Å²) in [6, 6.07) is 0.275. The van der Waals surface area contributed by atoms with Gasteiger partial charge in [0.2, 0.25) is 5.91 Å². The van der Waals surface area contributed by atoms with E-state index in [0.717, 1.165) is 25.9 Å². The molecule has 1 rings (SSSR count). The van der Waals surface area contributed by atoms with Crippen molar-refractivity contribution in [2.24, 2.45) is 11.7 Å². The van der Waals surface area contributed by atoms with Crippen LogP contribution in [0.4, 0.5) is 0 Å². The zero-order valence-corrected chi connectivity index (χ0v) is 9.83. The minimum atomic E-state index is -0.163. The van der Waals surface area contributed by atoms with Crippen LogP contribution in [0.2, 0.25) is 0 Å². The van der Waals surface area contributed by atoms with E-state index in [9.17, 15) is 4.79 Å². The Morgan fingerprint density at radius 3 is 2.36 bits per heavy atom. The van der Waals surface area contributed by atoms with Gasteiger partial charge in [0.25, 0.3) is 0 Å². The van der Waals surface area contributed by atoms with Gasteiger partial charge in [-0.15, -0.1) is 0 Å². The summed E-state index contributed by atoms with van der Waals surface area (Å²) < 4.78 is 0. The maximum atomic E-state index is 11.9. The fraction of sp³-hybridized carbons (Fsp3) is 0.900. The molecule has 4 heteroatoms. The van der Waals surface area contributed by atoms with E-state index in [-0.39, 0.29) is 17.2 Å². The molecule has 14 heavy (non-hydrogen) atoms. The second-order valence-electron chi connectivity index (χ2n) is 4.35. The van der Waals surface area contributed by atoms with E-state index in [1.54, 1.807) is 0 Å². The SMILES string of the molecule is CC(C)C(S)C(=O)N1CCC(N)CC1.